The summed E-state index contributed by atoms with van der Waals surface area (Å²) >= 11 is 6.02. The zero-order valence-electron chi connectivity index (χ0n) is 12.4. The largest absolute Gasteiger partial charge is 0.495 e. The van der Waals surface area contributed by atoms with Crippen molar-refractivity contribution in [3.8, 4) is 5.75 Å². The van der Waals surface area contributed by atoms with Crippen molar-refractivity contribution in [1.82, 2.24) is 4.90 Å². The molecule has 0 saturated carbocycles. The van der Waals surface area contributed by atoms with E-state index in [-0.39, 0.29) is 12.3 Å². The monoisotopic (exact) mass is 299 g/mol. The smallest absolute Gasteiger partial charge is 0.176 e. The van der Waals surface area contributed by atoms with Crippen LogP contribution >= 0.6 is 11.6 Å². The molecule has 112 valence electrons. The van der Waals surface area contributed by atoms with Crippen molar-refractivity contribution < 1.29 is 14.6 Å². The number of hydrogen-bond donors (Lipinski definition) is 1. The van der Waals surface area contributed by atoms with Gasteiger partial charge in [0, 0.05) is 12.1 Å². The summed E-state index contributed by atoms with van der Waals surface area (Å²) in [6, 6.07) is 4.99. The molecule has 0 bridgehead atoms. The fourth-order valence-electron chi connectivity index (χ4n) is 1.96. The minimum atomic E-state index is -0.826. The molecule has 1 aromatic carbocycles. The first-order chi connectivity index (χ1) is 9.26. The number of carbonyl (C=O) groups excluding carboxylic acids is 1. The molecule has 0 radical (unpaired) electrons. The van der Waals surface area contributed by atoms with Gasteiger partial charge in [-0.05, 0) is 38.6 Å². The Hall–Kier alpha value is -1.10. The van der Waals surface area contributed by atoms with E-state index in [1.807, 2.05) is 11.8 Å². The van der Waals surface area contributed by atoms with Crippen LogP contribution < -0.4 is 4.74 Å². The molecule has 0 aliphatic carbocycles. The van der Waals surface area contributed by atoms with Crippen molar-refractivity contribution in [3.05, 3.63) is 28.8 Å². The molecular formula is C15H22ClNO3. The summed E-state index contributed by atoms with van der Waals surface area (Å²) in [5, 5.41) is 10.2. The number of carbonyl (C=O) groups is 1. The first kappa shape index (κ1) is 17.0. The van der Waals surface area contributed by atoms with Gasteiger partial charge in [-0.3, -0.25) is 9.69 Å². The van der Waals surface area contributed by atoms with Crippen LogP contribution in [0.1, 0.15) is 31.1 Å². The molecule has 0 saturated heterocycles. The fraction of sp³-hybridized carbons (Fsp3) is 0.533. The molecule has 0 aliphatic heterocycles. The van der Waals surface area contributed by atoms with E-state index >= 15 is 0 Å². The molecule has 0 unspecified atom stereocenters. The third kappa shape index (κ3) is 5.12. The minimum Gasteiger partial charge on any atom is -0.495 e. The second kappa shape index (κ2) is 7.07. The number of halogens is 1. The Labute approximate surface area is 125 Å². The van der Waals surface area contributed by atoms with Crippen LogP contribution in [-0.2, 0) is 0 Å². The number of rotatable bonds is 7. The lowest BCUT2D eigenvalue weighted by molar-refractivity contribution is 0.0376. The number of aliphatic hydroxyl groups is 1. The van der Waals surface area contributed by atoms with Gasteiger partial charge in [-0.25, -0.2) is 0 Å². The van der Waals surface area contributed by atoms with Crippen LogP contribution in [0.25, 0.3) is 0 Å². The molecule has 0 heterocycles. The van der Waals surface area contributed by atoms with Gasteiger partial charge in [0.1, 0.15) is 5.75 Å². The van der Waals surface area contributed by atoms with Crippen molar-refractivity contribution in [2.75, 3.05) is 26.7 Å². The van der Waals surface area contributed by atoms with Crippen molar-refractivity contribution in [1.29, 1.82) is 0 Å². The Balaban J connectivity index is 2.77. The van der Waals surface area contributed by atoms with Gasteiger partial charge in [-0.15, -0.1) is 0 Å². The first-order valence-corrected chi connectivity index (χ1v) is 6.96. The minimum absolute atomic E-state index is 0.0272. The predicted octanol–water partition coefficient (Wildman–Crippen LogP) is 2.62. The number of ether oxygens (including phenoxy) is 1. The summed E-state index contributed by atoms with van der Waals surface area (Å²) in [6.07, 6.45) is 0. The maximum Gasteiger partial charge on any atom is 0.176 e. The van der Waals surface area contributed by atoms with Crippen LogP contribution in [0.15, 0.2) is 18.2 Å². The Morgan fingerprint density at radius 3 is 2.55 bits per heavy atom. The third-order valence-corrected chi connectivity index (χ3v) is 3.19. The Morgan fingerprint density at radius 1 is 1.45 bits per heavy atom. The van der Waals surface area contributed by atoms with Gasteiger partial charge in [0.2, 0.25) is 0 Å². The van der Waals surface area contributed by atoms with Crippen LogP contribution in [0, 0.1) is 0 Å². The van der Waals surface area contributed by atoms with E-state index in [1.54, 1.807) is 32.0 Å². The highest BCUT2D eigenvalue weighted by Gasteiger charge is 2.20. The number of hydrogen-bond acceptors (Lipinski definition) is 4. The van der Waals surface area contributed by atoms with Gasteiger partial charge in [0.25, 0.3) is 0 Å². The maximum absolute atomic E-state index is 12.2. The second-order valence-electron chi connectivity index (χ2n) is 5.39. The lowest BCUT2D eigenvalue weighted by atomic mass is 10.1. The molecule has 1 aromatic rings. The third-order valence-electron chi connectivity index (χ3n) is 2.90. The Bertz CT molecular complexity index is 469. The van der Waals surface area contributed by atoms with Crippen LogP contribution in [0.2, 0.25) is 5.02 Å². The maximum atomic E-state index is 12.2. The zero-order chi connectivity index (χ0) is 15.3. The van der Waals surface area contributed by atoms with E-state index in [9.17, 15) is 9.90 Å². The van der Waals surface area contributed by atoms with Gasteiger partial charge >= 0.3 is 0 Å². The SMILES string of the molecule is CCN(CC(=O)c1ccc(OC)c(Cl)c1)CC(C)(C)O. The summed E-state index contributed by atoms with van der Waals surface area (Å²) in [5.41, 5.74) is -0.279. The molecule has 1 N–H and O–H groups in total. The number of methoxy groups -OCH3 is 1. The zero-order valence-corrected chi connectivity index (χ0v) is 13.2. The number of ketones is 1. The van der Waals surface area contributed by atoms with E-state index in [1.165, 1.54) is 7.11 Å². The summed E-state index contributed by atoms with van der Waals surface area (Å²) in [7, 11) is 1.53. The van der Waals surface area contributed by atoms with Crippen LogP contribution in [-0.4, -0.2) is 48.1 Å². The molecule has 20 heavy (non-hydrogen) atoms. The van der Waals surface area contributed by atoms with Gasteiger partial charge in [-0.1, -0.05) is 18.5 Å². The molecule has 0 fully saturated rings. The van der Waals surface area contributed by atoms with Crippen molar-refractivity contribution in [2.45, 2.75) is 26.4 Å². The predicted molar refractivity (Wildman–Crippen MR) is 80.7 cm³/mol. The molecule has 0 spiro atoms. The van der Waals surface area contributed by atoms with Crippen molar-refractivity contribution in [2.24, 2.45) is 0 Å². The molecule has 4 nitrogen and oxygen atoms in total. The molecular weight excluding hydrogens is 278 g/mol. The average molecular weight is 300 g/mol. The molecule has 0 atom stereocenters. The molecule has 0 aromatic heterocycles. The van der Waals surface area contributed by atoms with E-state index in [0.29, 0.717) is 29.4 Å². The number of likely N-dealkylation sites (N-methyl/N-ethyl adjacent to an activating group) is 1. The highest BCUT2D eigenvalue weighted by molar-refractivity contribution is 6.32. The number of Topliss-reactive ketones (excluding diaryl/α,β-unsaturated/α-hetero) is 1. The number of benzene rings is 1. The second-order valence-corrected chi connectivity index (χ2v) is 5.80. The topological polar surface area (TPSA) is 49.8 Å². The summed E-state index contributed by atoms with van der Waals surface area (Å²) < 4.78 is 5.06. The first-order valence-electron chi connectivity index (χ1n) is 6.58. The lowest BCUT2D eigenvalue weighted by Crippen LogP contribution is -2.41. The Morgan fingerprint density at radius 2 is 2.10 bits per heavy atom. The lowest BCUT2D eigenvalue weighted by Gasteiger charge is -2.27. The average Bonchev–Trinajstić information content (AvgIpc) is 2.36. The van der Waals surface area contributed by atoms with Gasteiger partial charge in [0.05, 0.1) is 24.3 Å². The van der Waals surface area contributed by atoms with Crippen LogP contribution in [0.3, 0.4) is 0 Å². The van der Waals surface area contributed by atoms with Crippen molar-refractivity contribution >= 4 is 17.4 Å². The normalized spacial score (nSPS) is 11.8. The van der Waals surface area contributed by atoms with Gasteiger partial charge in [-0.2, -0.15) is 0 Å². The van der Waals surface area contributed by atoms with E-state index < -0.39 is 5.60 Å². The highest BCUT2D eigenvalue weighted by Crippen LogP contribution is 2.25. The van der Waals surface area contributed by atoms with Crippen molar-refractivity contribution in [3.63, 3.8) is 0 Å². The van der Waals surface area contributed by atoms with E-state index in [2.05, 4.69) is 0 Å². The highest BCUT2D eigenvalue weighted by atomic mass is 35.5. The summed E-state index contributed by atoms with van der Waals surface area (Å²) in [6.45, 7) is 6.80. The van der Waals surface area contributed by atoms with Gasteiger partial charge < -0.3 is 9.84 Å². The molecule has 0 amide bonds. The standard InChI is InChI=1S/C15H22ClNO3/c1-5-17(10-15(2,3)19)9-13(18)11-6-7-14(20-4)12(16)8-11/h6-8,19H,5,9-10H2,1-4H3. The van der Waals surface area contributed by atoms with Crippen LogP contribution in [0.4, 0.5) is 0 Å². The quantitative estimate of drug-likeness (QED) is 0.786. The molecule has 5 heteroatoms. The van der Waals surface area contributed by atoms with E-state index in [4.69, 9.17) is 16.3 Å². The summed E-state index contributed by atoms with van der Waals surface area (Å²) in [4.78, 5) is 14.1. The number of nitrogens with zero attached hydrogens (tertiary/aromatic N) is 1. The Kier molecular flexibility index (Phi) is 5.99. The molecule has 0 aliphatic rings. The summed E-state index contributed by atoms with van der Waals surface area (Å²) in [5.74, 6) is 0.521. The van der Waals surface area contributed by atoms with E-state index in [0.717, 1.165) is 0 Å². The fourth-order valence-corrected chi connectivity index (χ4v) is 2.22. The van der Waals surface area contributed by atoms with Gasteiger partial charge in [0.15, 0.2) is 5.78 Å². The van der Waals surface area contributed by atoms with Crippen LogP contribution in [0.5, 0.6) is 5.75 Å². The molecule has 1 rings (SSSR count).